The van der Waals surface area contributed by atoms with Crippen LogP contribution < -0.4 is 25.0 Å². The van der Waals surface area contributed by atoms with E-state index < -0.39 is 6.04 Å². The zero-order valence-corrected chi connectivity index (χ0v) is 46.2. The molecule has 4 aliphatic heterocycles. The number of H-pyrrole nitrogens is 1. The first-order valence-corrected chi connectivity index (χ1v) is 27.9. The highest BCUT2D eigenvalue weighted by atomic mass is 19.1. The maximum absolute atomic E-state index is 16.0. The number of aromatic nitrogens is 6. The van der Waals surface area contributed by atoms with Crippen LogP contribution in [-0.4, -0.2) is 141 Å². The van der Waals surface area contributed by atoms with Crippen molar-refractivity contribution in [3.63, 3.8) is 0 Å². The lowest BCUT2D eigenvalue weighted by Gasteiger charge is -2.32. The quantitative estimate of drug-likeness (QED) is 0.0559. The third-order valence-corrected chi connectivity index (χ3v) is 16.4. The zero-order chi connectivity index (χ0) is 55.6. The molecule has 7 atom stereocenters. The first kappa shape index (κ1) is 54.4. The Labute approximate surface area is 464 Å². The van der Waals surface area contributed by atoms with Gasteiger partial charge in [-0.2, -0.15) is 20.2 Å². The number of hydrogen-bond donors (Lipinski definition) is 4. The minimum atomic E-state index is -0.511. The molecule has 418 valence electrons. The van der Waals surface area contributed by atoms with E-state index in [0.717, 1.165) is 106 Å². The molecule has 2 bridgehead atoms. The third kappa shape index (κ3) is 11.0. The number of aliphatic hydroxyl groups excluding tert-OH is 1. The standard InChI is InChI=1S/C47H55FN10O5.C13H15N3O/c1-25(2)43(46(60)56-14-6-7-32(56)22-59)58-21-39(54-55-58)30-10-8-28(9-11-30)24-62-44-41(40-27(4)37(48)17-38-36(40)19-50-53-38)34(29-12-13-29)16-35-42(44)51-47(63-23-26(3)61-5)52-45(35)57-20-31-15-33(57)18-49-31;1-14-13(8-17)11-4-2-10(3-5-11)12-6-15-9-16-7-12/h8-11,16-17,19,22,25-26,29,31-33,39,43,49H,6-7,12-15,18,20-21,23-24H2,1-5H3,(H,50,53);2-7,9,13-14,17H,8H2,1H3/t26-,31?,32?,33?,39?,43?;/m0./s1. The number of nitrogens with one attached hydrogen (secondary N) is 3. The average Bonchev–Trinajstić information content (AvgIpc) is 4.11. The number of benzene rings is 4. The number of ether oxygens (including phenoxy) is 3. The summed E-state index contributed by atoms with van der Waals surface area (Å²) in [6.07, 6.45) is 12.1. The van der Waals surface area contributed by atoms with Crippen molar-refractivity contribution in [1.29, 1.82) is 0 Å². The number of likely N-dealkylation sites (N-methyl/N-ethyl adjacent to an activating group) is 1. The first-order chi connectivity index (χ1) is 38.9. The normalized spacial score (nSPS) is 20.6. The van der Waals surface area contributed by atoms with Crippen LogP contribution in [0.25, 0.3) is 44.1 Å². The number of methoxy groups -OCH3 is 1. The number of aromatic amines is 1. The highest BCUT2D eigenvalue weighted by Crippen LogP contribution is 2.53. The summed E-state index contributed by atoms with van der Waals surface area (Å²) in [5, 5.41) is 35.8. The van der Waals surface area contributed by atoms with Crippen LogP contribution in [0.4, 0.5) is 10.2 Å². The van der Waals surface area contributed by atoms with Gasteiger partial charge in [-0.05, 0) is 110 Å². The molecule has 20 heteroatoms. The summed E-state index contributed by atoms with van der Waals surface area (Å²) in [4.78, 5) is 47.7. The number of rotatable bonds is 19. The van der Waals surface area contributed by atoms with Crippen LogP contribution in [0.1, 0.15) is 98.7 Å². The van der Waals surface area contributed by atoms with Gasteiger partial charge < -0.3 is 44.5 Å². The number of carbonyl (C=O) groups is 2. The summed E-state index contributed by atoms with van der Waals surface area (Å²) >= 11 is 0. The van der Waals surface area contributed by atoms with E-state index >= 15 is 4.39 Å². The highest BCUT2D eigenvalue weighted by molar-refractivity contribution is 6.06. The predicted octanol–water partition coefficient (Wildman–Crippen LogP) is 8.38. The first-order valence-electron chi connectivity index (χ1n) is 27.9. The molecule has 12 rings (SSSR count). The van der Waals surface area contributed by atoms with Gasteiger partial charge in [-0.15, -0.1) is 0 Å². The highest BCUT2D eigenvalue weighted by Gasteiger charge is 2.42. The molecule has 4 fully saturated rings. The average molecular weight is 1090 g/mol. The Morgan fingerprint density at radius 2 is 1.74 bits per heavy atom. The van der Waals surface area contributed by atoms with Gasteiger partial charge in [-0.3, -0.25) is 14.9 Å². The minimum Gasteiger partial charge on any atom is -0.486 e. The molecule has 1 aliphatic carbocycles. The molecule has 7 aromatic rings. The van der Waals surface area contributed by atoms with E-state index in [1.54, 1.807) is 35.6 Å². The molecular weight excluding hydrogens is 1020 g/mol. The monoisotopic (exact) mass is 1090 g/mol. The molecule has 3 aromatic heterocycles. The Morgan fingerprint density at radius 1 is 0.950 bits per heavy atom. The van der Waals surface area contributed by atoms with Crippen molar-refractivity contribution in [2.75, 3.05) is 58.5 Å². The van der Waals surface area contributed by atoms with E-state index in [0.29, 0.717) is 47.9 Å². The molecule has 7 heterocycles. The molecule has 0 spiro atoms. The fraction of sp³-hybridized carbons (Fsp3) is 0.450. The Bertz CT molecular complexity index is 3360. The molecule has 5 aliphatic rings. The van der Waals surface area contributed by atoms with Gasteiger partial charge in [0.2, 0.25) is 5.91 Å². The third-order valence-electron chi connectivity index (χ3n) is 16.4. The van der Waals surface area contributed by atoms with Gasteiger partial charge in [0.25, 0.3) is 0 Å². The van der Waals surface area contributed by atoms with Gasteiger partial charge >= 0.3 is 6.01 Å². The number of amides is 1. The van der Waals surface area contributed by atoms with Gasteiger partial charge in [0.05, 0.1) is 43.1 Å². The SMILES string of the molecule is CNC(CO)c1ccc(-c2cncnc2)cc1.CO[C@@H](C)COc1nc(N2CC3CC2CN3)c2cc(C3CC3)c(-c3c(C)c(F)cc4[nH]ncc34)c(OCc3ccc(C4CN(C(C(=O)N5CCCC5C=O)C(C)C)N=N4)cc3)c2n1. The zero-order valence-electron chi connectivity index (χ0n) is 46.2. The summed E-state index contributed by atoms with van der Waals surface area (Å²) in [5.41, 5.74) is 9.33. The smallest absolute Gasteiger partial charge is 0.319 e. The number of fused-ring (bicyclic) bond motifs is 4. The second-order valence-electron chi connectivity index (χ2n) is 22.1. The topological polar surface area (TPSA) is 221 Å². The number of carbonyl (C=O) groups excluding carboxylic acids is 2. The summed E-state index contributed by atoms with van der Waals surface area (Å²) in [5.74, 6) is 1.18. The largest absolute Gasteiger partial charge is 0.486 e. The van der Waals surface area contributed by atoms with E-state index in [9.17, 15) is 14.7 Å². The number of nitrogens with zero attached hydrogens (tertiary/aromatic N) is 10. The number of halogens is 1. The second kappa shape index (κ2) is 23.7. The maximum Gasteiger partial charge on any atom is 0.319 e. The molecule has 4 N–H and O–H groups in total. The molecule has 3 saturated heterocycles. The summed E-state index contributed by atoms with van der Waals surface area (Å²) < 4.78 is 34.8. The van der Waals surface area contributed by atoms with Crippen LogP contribution in [-0.2, 0) is 20.9 Å². The van der Waals surface area contributed by atoms with Gasteiger partial charge in [-0.25, -0.2) is 14.4 Å². The molecule has 0 radical (unpaired) electrons. The van der Waals surface area contributed by atoms with Crippen molar-refractivity contribution in [2.24, 2.45) is 16.3 Å². The number of aldehydes is 1. The summed E-state index contributed by atoms with van der Waals surface area (Å²) in [6.45, 7) is 11.0. The Hall–Kier alpha value is -7.52. The molecule has 4 aromatic carbocycles. The van der Waals surface area contributed by atoms with Crippen molar-refractivity contribution in [2.45, 2.75) is 115 Å². The van der Waals surface area contributed by atoms with Crippen LogP contribution in [0, 0.1) is 18.7 Å². The van der Waals surface area contributed by atoms with E-state index in [1.165, 1.54) is 12.4 Å². The summed E-state index contributed by atoms with van der Waals surface area (Å²) in [7, 11) is 3.48. The summed E-state index contributed by atoms with van der Waals surface area (Å²) in [6, 6.07) is 19.6. The van der Waals surface area contributed by atoms with E-state index in [-0.39, 0.29) is 79.7 Å². The van der Waals surface area contributed by atoms with Gasteiger partial charge in [0.1, 0.15) is 55.1 Å². The van der Waals surface area contributed by atoms with Crippen molar-refractivity contribution >= 4 is 39.8 Å². The molecule has 1 saturated carbocycles. The Balaban J connectivity index is 0.000000339. The van der Waals surface area contributed by atoms with Crippen LogP contribution >= 0.6 is 0 Å². The number of hydrogen-bond acceptors (Lipinski definition) is 17. The lowest BCUT2D eigenvalue weighted by Crippen LogP contribution is -2.51. The van der Waals surface area contributed by atoms with E-state index in [4.69, 9.17) is 24.2 Å². The number of piperazine rings is 1. The number of aliphatic hydroxyl groups is 1. The van der Waals surface area contributed by atoms with E-state index in [1.807, 2.05) is 83.3 Å². The Morgan fingerprint density at radius 3 is 2.41 bits per heavy atom. The number of anilines is 1. The fourth-order valence-corrected chi connectivity index (χ4v) is 11.7. The molecule has 6 unspecified atom stereocenters. The van der Waals surface area contributed by atoms with Crippen molar-refractivity contribution in [3.8, 4) is 34.0 Å². The number of likely N-dealkylation sites (tertiary alicyclic amines) is 1. The minimum absolute atomic E-state index is 0.0175. The van der Waals surface area contributed by atoms with Crippen molar-refractivity contribution in [1.82, 2.24) is 50.7 Å². The van der Waals surface area contributed by atoms with E-state index in [2.05, 4.69) is 52.1 Å². The predicted molar refractivity (Wildman–Crippen MR) is 302 cm³/mol. The molecule has 19 nitrogen and oxygen atoms in total. The van der Waals surface area contributed by atoms with Crippen LogP contribution in [0.15, 0.2) is 95.9 Å². The van der Waals surface area contributed by atoms with Gasteiger partial charge in [0, 0.05) is 78.7 Å². The van der Waals surface area contributed by atoms with Crippen LogP contribution in [0.5, 0.6) is 11.8 Å². The maximum atomic E-state index is 16.0. The molecule has 1 amide bonds. The van der Waals surface area contributed by atoms with Gasteiger partial charge in [-0.1, -0.05) is 67.6 Å². The molecule has 80 heavy (non-hydrogen) atoms. The van der Waals surface area contributed by atoms with Gasteiger partial charge in [0.15, 0.2) is 5.75 Å². The van der Waals surface area contributed by atoms with Crippen LogP contribution in [0.3, 0.4) is 0 Å². The lowest BCUT2D eigenvalue weighted by molar-refractivity contribution is -0.141. The van der Waals surface area contributed by atoms with Crippen molar-refractivity contribution in [3.05, 3.63) is 119 Å². The van der Waals surface area contributed by atoms with Crippen LogP contribution in [0.2, 0.25) is 0 Å². The van der Waals surface area contributed by atoms with Crippen molar-refractivity contribution < 1.29 is 33.3 Å². The lowest BCUT2D eigenvalue weighted by atomic mass is 9.88. The molecular formula is C60H70FN13O6. The second-order valence-corrected chi connectivity index (χ2v) is 22.1. The Kier molecular flexibility index (Phi) is 16.1. The fourth-order valence-electron chi connectivity index (χ4n) is 11.7.